The maximum absolute atomic E-state index is 12.7. The van der Waals surface area contributed by atoms with E-state index in [1.165, 1.54) is 22.5 Å². The van der Waals surface area contributed by atoms with Crippen LogP contribution in [0.5, 0.6) is 0 Å². The maximum atomic E-state index is 12.7. The first kappa shape index (κ1) is 21.9. The summed E-state index contributed by atoms with van der Waals surface area (Å²) in [5, 5.41) is 1.62. The summed E-state index contributed by atoms with van der Waals surface area (Å²) in [4.78, 5) is 12.0. The molecule has 12 heteroatoms. The largest absolute Gasteiger partial charge is 0.460 e. The van der Waals surface area contributed by atoms with Crippen LogP contribution < -0.4 is 4.72 Å². The number of ether oxygens (including phenoxy) is 2. The van der Waals surface area contributed by atoms with Crippen LogP contribution in [0.25, 0.3) is 0 Å². The molecule has 1 aromatic carbocycles. The van der Waals surface area contributed by atoms with Gasteiger partial charge in [0.2, 0.25) is 10.0 Å². The van der Waals surface area contributed by atoms with E-state index in [1.807, 2.05) is 0 Å². The van der Waals surface area contributed by atoms with Crippen LogP contribution in [0.2, 0.25) is 0 Å². The van der Waals surface area contributed by atoms with E-state index in [1.54, 1.807) is 23.6 Å². The van der Waals surface area contributed by atoms with E-state index in [4.69, 9.17) is 9.47 Å². The molecule has 3 rings (SSSR count). The monoisotopic (exact) mass is 460 g/mol. The summed E-state index contributed by atoms with van der Waals surface area (Å²) in [6.07, 6.45) is 0. The van der Waals surface area contributed by atoms with Crippen LogP contribution in [0.3, 0.4) is 0 Å². The Labute approximate surface area is 173 Å². The number of esters is 1. The molecule has 0 saturated carbocycles. The minimum atomic E-state index is -3.76. The summed E-state index contributed by atoms with van der Waals surface area (Å²) in [5.41, 5.74) is 0.480. The molecule has 2 heterocycles. The standard InChI is InChI=1S/C17H20N2O7S3/c20-16(12-18-28(21,22)17-5-2-10-27-17)26-13-14-3-1-4-15(11-14)29(23,24)19-6-8-25-9-7-19/h1-5,10-11,18H,6-9,12-13H2. The quantitative estimate of drug-likeness (QED) is 0.579. The molecule has 1 fully saturated rings. The predicted molar refractivity (Wildman–Crippen MR) is 105 cm³/mol. The maximum Gasteiger partial charge on any atom is 0.321 e. The minimum Gasteiger partial charge on any atom is -0.460 e. The molecule has 158 valence electrons. The van der Waals surface area contributed by atoms with Crippen LogP contribution in [0, 0.1) is 0 Å². The number of sulfonamides is 2. The number of hydrogen-bond acceptors (Lipinski definition) is 8. The van der Waals surface area contributed by atoms with Crippen molar-refractivity contribution >= 4 is 37.4 Å². The fourth-order valence-corrected chi connectivity index (χ4v) is 6.07. The summed E-state index contributed by atoms with van der Waals surface area (Å²) in [7, 11) is -7.42. The molecule has 1 aromatic heterocycles. The minimum absolute atomic E-state index is 0.103. The molecule has 2 aromatic rings. The van der Waals surface area contributed by atoms with Gasteiger partial charge in [-0.25, -0.2) is 16.8 Å². The van der Waals surface area contributed by atoms with Gasteiger partial charge in [0.05, 0.1) is 18.1 Å². The first-order valence-corrected chi connectivity index (χ1v) is 12.4. The van der Waals surface area contributed by atoms with Crippen LogP contribution in [-0.2, 0) is 40.9 Å². The van der Waals surface area contributed by atoms with Crippen molar-refractivity contribution in [3.05, 3.63) is 47.3 Å². The average molecular weight is 461 g/mol. The Morgan fingerprint density at radius 1 is 1.14 bits per heavy atom. The normalized spacial score (nSPS) is 15.9. The van der Waals surface area contributed by atoms with E-state index in [2.05, 4.69) is 4.72 Å². The summed E-state index contributed by atoms with van der Waals surface area (Å²) in [6, 6.07) is 9.13. The van der Waals surface area contributed by atoms with Crippen molar-refractivity contribution in [1.29, 1.82) is 0 Å². The van der Waals surface area contributed by atoms with E-state index >= 15 is 0 Å². The Hall–Kier alpha value is -1.83. The molecule has 0 spiro atoms. The van der Waals surface area contributed by atoms with Gasteiger partial charge in [0.1, 0.15) is 17.4 Å². The third-order valence-electron chi connectivity index (χ3n) is 4.07. The molecule has 0 bridgehead atoms. The number of rotatable bonds is 8. The molecule has 0 atom stereocenters. The Balaban J connectivity index is 1.57. The highest BCUT2D eigenvalue weighted by Crippen LogP contribution is 2.19. The van der Waals surface area contributed by atoms with Crippen molar-refractivity contribution in [2.75, 3.05) is 32.8 Å². The summed E-state index contributed by atoms with van der Waals surface area (Å²) in [5.74, 6) is -0.772. The van der Waals surface area contributed by atoms with Gasteiger partial charge in [-0.3, -0.25) is 4.79 Å². The topological polar surface area (TPSA) is 119 Å². The van der Waals surface area contributed by atoms with E-state index in [-0.39, 0.29) is 28.8 Å². The van der Waals surface area contributed by atoms with Crippen molar-refractivity contribution in [2.45, 2.75) is 15.7 Å². The number of nitrogens with one attached hydrogen (secondary N) is 1. The van der Waals surface area contributed by atoms with Crippen molar-refractivity contribution in [1.82, 2.24) is 9.03 Å². The summed E-state index contributed by atoms with van der Waals surface area (Å²) >= 11 is 1.04. The van der Waals surface area contributed by atoms with Gasteiger partial charge < -0.3 is 9.47 Å². The van der Waals surface area contributed by atoms with Crippen LogP contribution in [-0.4, -0.2) is 60.0 Å². The number of benzene rings is 1. The van der Waals surface area contributed by atoms with Gasteiger partial charge in [-0.2, -0.15) is 9.03 Å². The molecular weight excluding hydrogens is 440 g/mol. The number of nitrogens with zero attached hydrogens (tertiary/aromatic N) is 1. The highest BCUT2D eigenvalue weighted by atomic mass is 32.2. The van der Waals surface area contributed by atoms with E-state index in [9.17, 15) is 21.6 Å². The lowest BCUT2D eigenvalue weighted by Gasteiger charge is -2.26. The van der Waals surface area contributed by atoms with Crippen LogP contribution in [0.15, 0.2) is 50.9 Å². The summed E-state index contributed by atoms with van der Waals surface area (Å²) in [6.45, 7) is 0.561. The van der Waals surface area contributed by atoms with Crippen molar-refractivity contribution in [3.63, 3.8) is 0 Å². The fraction of sp³-hybridized carbons (Fsp3) is 0.353. The second-order valence-electron chi connectivity index (χ2n) is 6.08. The van der Waals surface area contributed by atoms with Crippen LogP contribution in [0.1, 0.15) is 5.56 Å². The highest BCUT2D eigenvalue weighted by molar-refractivity contribution is 7.91. The number of thiophene rings is 1. The predicted octanol–water partition coefficient (Wildman–Crippen LogP) is 0.791. The Morgan fingerprint density at radius 3 is 2.59 bits per heavy atom. The Morgan fingerprint density at radius 2 is 1.90 bits per heavy atom. The smallest absolute Gasteiger partial charge is 0.321 e. The van der Waals surface area contributed by atoms with Gasteiger partial charge in [0.15, 0.2) is 0 Å². The zero-order valence-corrected chi connectivity index (χ0v) is 17.8. The van der Waals surface area contributed by atoms with E-state index in [0.717, 1.165) is 11.3 Å². The van der Waals surface area contributed by atoms with Gasteiger partial charge in [-0.1, -0.05) is 18.2 Å². The number of morpholine rings is 1. The van der Waals surface area contributed by atoms with Gasteiger partial charge in [-0.15, -0.1) is 11.3 Å². The number of hydrogen-bond donors (Lipinski definition) is 1. The van der Waals surface area contributed by atoms with Crippen molar-refractivity contribution < 1.29 is 31.1 Å². The van der Waals surface area contributed by atoms with Crippen molar-refractivity contribution in [3.8, 4) is 0 Å². The second-order valence-corrected chi connectivity index (χ2v) is 11.0. The Kier molecular flexibility index (Phi) is 7.03. The fourth-order valence-electron chi connectivity index (χ4n) is 2.59. The second kappa shape index (κ2) is 9.32. The van der Waals surface area contributed by atoms with Gasteiger partial charge in [0, 0.05) is 13.1 Å². The lowest BCUT2D eigenvalue weighted by Crippen LogP contribution is -2.40. The van der Waals surface area contributed by atoms with Crippen molar-refractivity contribution in [2.24, 2.45) is 0 Å². The van der Waals surface area contributed by atoms with Gasteiger partial charge in [-0.05, 0) is 29.1 Å². The molecule has 1 aliphatic rings. The molecule has 9 nitrogen and oxygen atoms in total. The first-order valence-electron chi connectivity index (χ1n) is 8.65. The molecule has 1 aliphatic heterocycles. The zero-order valence-electron chi connectivity index (χ0n) is 15.3. The zero-order chi connectivity index (χ0) is 20.9. The van der Waals surface area contributed by atoms with Gasteiger partial charge in [0.25, 0.3) is 10.0 Å². The van der Waals surface area contributed by atoms with Gasteiger partial charge >= 0.3 is 5.97 Å². The lowest BCUT2D eigenvalue weighted by molar-refractivity contribution is -0.143. The van der Waals surface area contributed by atoms with Crippen LogP contribution >= 0.6 is 11.3 Å². The van der Waals surface area contributed by atoms with E-state index in [0.29, 0.717) is 18.8 Å². The first-order chi connectivity index (χ1) is 13.8. The SMILES string of the molecule is O=C(CNS(=O)(=O)c1cccs1)OCc1cccc(S(=O)(=O)N2CCOCC2)c1. The lowest BCUT2D eigenvalue weighted by atomic mass is 10.2. The molecule has 1 N–H and O–H groups in total. The average Bonchev–Trinajstić information content (AvgIpc) is 3.28. The third kappa shape index (κ3) is 5.62. The molecule has 29 heavy (non-hydrogen) atoms. The van der Waals surface area contributed by atoms with E-state index < -0.39 is 32.6 Å². The summed E-state index contributed by atoms with van der Waals surface area (Å²) < 4.78 is 63.2. The molecule has 0 aliphatic carbocycles. The molecule has 1 saturated heterocycles. The van der Waals surface area contributed by atoms with Crippen LogP contribution in [0.4, 0.5) is 0 Å². The Bertz CT molecular complexity index is 1040. The third-order valence-corrected chi connectivity index (χ3v) is 8.77. The molecular formula is C17H20N2O7S3. The molecule has 0 amide bonds. The molecule has 0 unspecified atom stereocenters. The highest BCUT2D eigenvalue weighted by Gasteiger charge is 2.26. The molecule has 0 radical (unpaired) electrons. The number of carbonyl (C=O) groups excluding carboxylic acids is 1. The number of carbonyl (C=O) groups is 1.